The third-order valence-corrected chi connectivity index (χ3v) is 3.52. The van der Waals surface area contributed by atoms with E-state index in [2.05, 4.69) is 29.7 Å². The van der Waals surface area contributed by atoms with Gasteiger partial charge >= 0.3 is 0 Å². The second-order valence-corrected chi connectivity index (χ2v) is 4.86. The van der Waals surface area contributed by atoms with Crippen LogP contribution < -0.4 is 10.6 Å². The number of hydrogen-bond donors (Lipinski definition) is 2. The number of rotatable bonds is 6. The van der Waals surface area contributed by atoms with Crippen LogP contribution in [0, 0.1) is 11.3 Å². The van der Waals surface area contributed by atoms with Crippen LogP contribution in [-0.2, 0) is 4.79 Å². The van der Waals surface area contributed by atoms with Gasteiger partial charge in [-0.2, -0.15) is 5.26 Å². The lowest BCUT2D eigenvalue weighted by molar-refractivity contribution is -0.118. The first kappa shape index (κ1) is 14.6. The van der Waals surface area contributed by atoms with E-state index in [4.69, 9.17) is 5.26 Å². The van der Waals surface area contributed by atoms with Crippen LogP contribution in [0.25, 0.3) is 0 Å². The van der Waals surface area contributed by atoms with Crippen LogP contribution in [-0.4, -0.2) is 25.3 Å². The maximum Gasteiger partial charge on any atom is 0.231 e. The predicted molar refractivity (Wildman–Crippen MR) is 73.3 cm³/mol. The number of nitriles is 1. The fraction of sp³-hybridized carbons (Fsp3) is 0.385. The highest BCUT2D eigenvalue weighted by molar-refractivity contribution is 8.00. The van der Waals surface area contributed by atoms with Gasteiger partial charge in [-0.05, 0) is 31.7 Å². The van der Waals surface area contributed by atoms with E-state index in [1.54, 1.807) is 0 Å². The van der Waals surface area contributed by atoms with Crippen molar-refractivity contribution < 1.29 is 4.79 Å². The Balaban J connectivity index is 2.52. The molecule has 0 saturated carbocycles. The van der Waals surface area contributed by atoms with Crippen molar-refractivity contribution in [3.05, 3.63) is 29.8 Å². The van der Waals surface area contributed by atoms with Crippen LogP contribution in [0.2, 0.25) is 0 Å². The molecular weight excluding hydrogens is 246 g/mol. The van der Waals surface area contributed by atoms with Crippen LogP contribution in [0.5, 0.6) is 0 Å². The van der Waals surface area contributed by atoms with Crippen molar-refractivity contribution in [2.75, 3.05) is 19.3 Å². The van der Waals surface area contributed by atoms with Crippen molar-refractivity contribution in [2.24, 2.45) is 0 Å². The van der Waals surface area contributed by atoms with Crippen molar-refractivity contribution in [1.29, 1.82) is 5.26 Å². The van der Waals surface area contributed by atoms with Crippen LogP contribution in [0.3, 0.4) is 0 Å². The molecule has 96 valence electrons. The van der Waals surface area contributed by atoms with Gasteiger partial charge in [0.1, 0.15) is 6.54 Å². The number of carbonyl (C=O) groups excluding carboxylic acids is 1. The molecule has 0 aliphatic rings. The molecule has 1 rings (SSSR count). The summed E-state index contributed by atoms with van der Waals surface area (Å²) in [6.45, 7) is 2.15. The first-order chi connectivity index (χ1) is 8.67. The second-order valence-electron chi connectivity index (χ2n) is 3.81. The summed E-state index contributed by atoms with van der Waals surface area (Å²) >= 11 is 1.47. The van der Waals surface area contributed by atoms with E-state index < -0.39 is 0 Å². The molecule has 1 aromatic rings. The normalized spacial score (nSPS) is 11.6. The fourth-order valence-electron chi connectivity index (χ4n) is 1.38. The molecule has 2 N–H and O–H groups in total. The third-order valence-electron chi connectivity index (χ3n) is 2.53. The summed E-state index contributed by atoms with van der Waals surface area (Å²) in [4.78, 5) is 12.4. The largest absolute Gasteiger partial charge is 0.342 e. The topological polar surface area (TPSA) is 64.9 Å². The molecule has 0 bridgehead atoms. The molecule has 0 saturated heterocycles. The molecular formula is C13H17N3OS. The van der Waals surface area contributed by atoms with Gasteiger partial charge in [0, 0.05) is 10.9 Å². The van der Waals surface area contributed by atoms with Crippen molar-refractivity contribution in [2.45, 2.75) is 17.9 Å². The van der Waals surface area contributed by atoms with E-state index in [-0.39, 0.29) is 18.5 Å². The van der Waals surface area contributed by atoms with Crippen LogP contribution in [0.15, 0.2) is 29.2 Å². The van der Waals surface area contributed by atoms with Gasteiger partial charge in [-0.25, -0.2) is 0 Å². The van der Waals surface area contributed by atoms with Gasteiger partial charge in [0.2, 0.25) is 5.91 Å². The third kappa shape index (κ3) is 4.78. The summed E-state index contributed by atoms with van der Waals surface area (Å²) in [6.07, 6.45) is 0. The highest BCUT2D eigenvalue weighted by Gasteiger charge is 2.05. The molecule has 0 fully saturated rings. The maximum atomic E-state index is 11.4. The van der Waals surface area contributed by atoms with Gasteiger partial charge in [0.25, 0.3) is 0 Å². The fourth-order valence-corrected chi connectivity index (χ4v) is 2.17. The molecule has 1 aromatic carbocycles. The second kappa shape index (κ2) is 7.75. The SMILES string of the molecule is CNC(C)c1cccc(SCC(=O)NCC#N)c1. The molecule has 1 atom stereocenters. The Hall–Kier alpha value is -1.51. The van der Waals surface area contributed by atoms with E-state index in [0.717, 1.165) is 4.90 Å². The molecule has 0 aliphatic heterocycles. The molecule has 18 heavy (non-hydrogen) atoms. The van der Waals surface area contributed by atoms with Crippen LogP contribution in [0.4, 0.5) is 0 Å². The summed E-state index contributed by atoms with van der Waals surface area (Å²) in [7, 11) is 1.92. The quantitative estimate of drug-likeness (QED) is 0.605. The van der Waals surface area contributed by atoms with Crippen molar-refractivity contribution in [3.63, 3.8) is 0 Å². The van der Waals surface area contributed by atoms with Crippen LogP contribution in [0.1, 0.15) is 18.5 Å². The Labute approximate surface area is 112 Å². The number of carbonyl (C=O) groups is 1. The molecule has 0 radical (unpaired) electrons. The smallest absolute Gasteiger partial charge is 0.231 e. The lowest BCUT2D eigenvalue weighted by Crippen LogP contribution is -2.25. The summed E-state index contributed by atoms with van der Waals surface area (Å²) < 4.78 is 0. The minimum absolute atomic E-state index is 0.0657. The van der Waals surface area contributed by atoms with E-state index in [1.807, 2.05) is 25.2 Å². The van der Waals surface area contributed by atoms with Gasteiger partial charge < -0.3 is 10.6 Å². The molecule has 0 aromatic heterocycles. The monoisotopic (exact) mass is 263 g/mol. The average Bonchev–Trinajstić information content (AvgIpc) is 2.42. The zero-order chi connectivity index (χ0) is 13.4. The molecule has 0 spiro atoms. The Morgan fingerprint density at radius 3 is 3.00 bits per heavy atom. The summed E-state index contributed by atoms with van der Waals surface area (Å²) in [6, 6.07) is 10.3. The maximum absolute atomic E-state index is 11.4. The molecule has 4 nitrogen and oxygen atoms in total. The number of benzene rings is 1. The van der Waals surface area contributed by atoms with E-state index in [9.17, 15) is 4.79 Å². The number of thioether (sulfide) groups is 1. The lowest BCUT2D eigenvalue weighted by Gasteiger charge is -2.11. The molecule has 1 amide bonds. The zero-order valence-electron chi connectivity index (χ0n) is 10.6. The molecule has 0 aliphatic carbocycles. The van der Waals surface area contributed by atoms with E-state index in [0.29, 0.717) is 5.75 Å². The summed E-state index contributed by atoms with van der Waals surface area (Å²) in [5.74, 6) is 0.215. The van der Waals surface area contributed by atoms with Gasteiger partial charge in [-0.3, -0.25) is 4.79 Å². The lowest BCUT2D eigenvalue weighted by atomic mass is 10.1. The number of hydrogen-bond acceptors (Lipinski definition) is 4. The first-order valence-electron chi connectivity index (χ1n) is 5.71. The van der Waals surface area contributed by atoms with Gasteiger partial charge in [-0.15, -0.1) is 11.8 Å². The number of nitrogens with one attached hydrogen (secondary N) is 2. The van der Waals surface area contributed by atoms with E-state index >= 15 is 0 Å². The van der Waals surface area contributed by atoms with Gasteiger partial charge in [-0.1, -0.05) is 12.1 Å². The van der Waals surface area contributed by atoms with E-state index in [1.165, 1.54) is 17.3 Å². The molecule has 5 heteroatoms. The Bertz CT molecular complexity index is 442. The van der Waals surface area contributed by atoms with Gasteiger partial charge in [0.05, 0.1) is 11.8 Å². The van der Waals surface area contributed by atoms with Gasteiger partial charge in [0.15, 0.2) is 0 Å². The summed E-state index contributed by atoms with van der Waals surface area (Å²) in [5.41, 5.74) is 1.19. The summed E-state index contributed by atoms with van der Waals surface area (Å²) in [5, 5.41) is 14.0. The molecule has 1 unspecified atom stereocenters. The predicted octanol–water partition coefficient (Wildman–Crippen LogP) is 1.70. The highest BCUT2D eigenvalue weighted by atomic mass is 32.2. The Morgan fingerprint density at radius 1 is 1.56 bits per heavy atom. The highest BCUT2D eigenvalue weighted by Crippen LogP contribution is 2.21. The zero-order valence-corrected chi connectivity index (χ0v) is 11.4. The number of amides is 1. The first-order valence-corrected chi connectivity index (χ1v) is 6.69. The van der Waals surface area contributed by atoms with Crippen LogP contribution >= 0.6 is 11.8 Å². The number of nitrogens with zero attached hydrogens (tertiary/aromatic N) is 1. The van der Waals surface area contributed by atoms with Crippen molar-refractivity contribution in [1.82, 2.24) is 10.6 Å². The Kier molecular flexibility index (Phi) is 6.26. The standard InChI is InChI=1S/C13H17N3OS/c1-10(15-2)11-4-3-5-12(8-11)18-9-13(17)16-7-6-14/h3-5,8,10,15H,7,9H2,1-2H3,(H,16,17). The van der Waals surface area contributed by atoms with Crippen molar-refractivity contribution in [3.8, 4) is 6.07 Å². The minimum atomic E-state index is -0.117. The van der Waals surface area contributed by atoms with Crippen molar-refractivity contribution >= 4 is 17.7 Å². The Morgan fingerprint density at radius 2 is 2.33 bits per heavy atom. The molecule has 0 heterocycles. The minimum Gasteiger partial charge on any atom is -0.342 e. The average molecular weight is 263 g/mol.